The molecule has 5 heteroatoms. The van der Waals surface area contributed by atoms with Gasteiger partial charge in [0, 0.05) is 10.0 Å². The van der Waals surface area contributed by atoms with Crippen LogP contribution in [0.3, 0.4) is 0 Å². The molecule has 0 amide bonds. The van der Waals surface area contributed by atoms with E-state index in [1.165, 1.54) is 10.5 Å². The lowest BCUT2D eigenvalue weighted by Gasteiger charge is -2.29. The number of likely N-dealkylation sites (tertiary alicyclic amines) is 1. The summed E-state index contributed by atoms with van der Waals surface area (Å²) >= 11 is 3.51. The second-order valence-electron chi connectivity index (χ2n) is 5.43. The second kappa shape index (κ2) is 7.80. The van der Waals surface area contributed by atoms with Crippen LogP contribution in [0.2, 0.25) is 0 Å². The van der Waals surface area contributed by atoms with Crippen LogP contribution in [0.25, 0.3) is 0 Å². The van der Waals surface area contributed by atoms with Crippen molar-refractivity contribution in [3.8, 4) is 5.75 Å². The van der Waals surface area contributed by atoms with Crippen molar-refractivity contribution in [3.63, 3.8) is 0 Å². The predicted molar refractivity (Wildman–Crippen MR) is 84.5 cm³/mol. The fourth-order valence-electron chi connectivity index (χ4n) is 2.93. The van der Waals surface area contributed by atoms with E-state index in [1.54, 1.807) is 7.11 Å². The molecule has 0 aliphatic carbocycles. The number of ether oxygens (including phenoxy) is 2. The Morgan fingerprint density at radius 1 is 1.48 bits per heavy atom. The van der Waals surface area contributed by atoms with E-state index in [4.69, 9.17) is 9.47 Å². The van der Waals surface area contributed by atoms with Gasteiger partial charge in [0.25, 0.3) is 0 Å². The molecule has 2 rings (SSSR count). The van der Waals surface area contributed by atoms with Crippen LogP contribution in [0.15, 0.2) is 22.7 Å². The van der Waals surface area contributed by atoms with Crippen LogP contribution in [0.1, 0.15) is 25.3 Å². The van der Waals surface area contributed by atoms with Gasteiger partial charge in [-0.1, -0.05) is 15.9 Å². The highest BCUT2D eigenvalue weighted by Crippen LogP contribution is 2.22. The topological polar surface area (TPSA) is 40.0 Å². The maximum Gasteiger partial charge on any atom is 0.314 e. The van der Waals surface area contributed by atoms with E-state index in [0.29, 0.717) is 6.61 Å². The largest absolute Gasteiger partial charge is 0.496 e. The zero-order chi connectivity index (χ0) is 15.2. The van der Waals surface area contributed by atoms with Crippen molar-refractivity contribution in [2.75, 3.05) is 26.8 Å². The van der Waals surface area contributed by atoms with E-state index < -0.39 is 0 Å². The Labute approximate surface area is 134 Å². The number of nitrogens with one attached hydrogen (secondary N) is 1. The Balaban J connectivity index is 2.02. The summed E-state index contributed by atoms with van der Waals surface area (Å²) in [5.74, 6) is 0.895. The van der Waals surface area contributed by atoms with Gasteiger partial charge in [0.2, 0.25) is 0 Å². The minimum absolute atomic E-state index is 0.0341. The zero-order valence-electron chi connectivity index (χ0n) is 12.7. The quantitative estimate of drug-likeness (QED) is 0.818. The number of halogens is 1. The van der Waals surface area contributed by atoms with Gasteiger partial charge in [-0.3, -0.25) is 4.79 Å². The van der Waals surface area contributed by atoms with E-state index in [2.05, 4.69) is 22.0 Å². The molecule has 0 aromatic heterocycles. The number of piperidine rings is 1. The van der Waals surface area contributed by atoms with Gasteiger partial charge in [0.15, 0.2) is 0 Å². The highest BCUT2D eigenvalue weighted by Gasteiger charge is 2.30. The second-order valence-corrected chi connectivity index (χ2v) is 6.34. The van der Waals surface area contributed by atoms with E-state index in [0.717, 1.165) is 42.7 Å². The molecular formula is C16H23BrNO3+. The molecule has 4 nitrogen and oxygen atoms in total. The molecule has 1 aromatic carbocycles. The first-order valence-corrected chi connectivity index (χ1v) is 8.26. The Morgan fingerprint density at radius 2 is 2.29 bits per heavy atom. The van der Waals surface area contributed by atoms with E-state index in [1.807, 2.05) is 19.1 Å². The molecular weight excluding hydrogens is 334 g/mol. The summed E-state index contributed by atoms with van der Waals surface area (Å²) in [4.78, 5) is 13.3. The molecule has 21 heavy (non-hydrogen) atoms. The third-order valence-electron chi connectivity index (χ3n) is 3.92. The lowest BCUT2D eigenvalue weighted by atomic mass is 9.97. The molecule has 116 valence electrons. The molecule has 1 N–H and O–H groups in total. The lowest BCUT2D eigenvalue weighted by Crippen LogP contribution is -3.12. The highest BCUT2D eigenvalue weighted by atomic mass is 79.9. The normalized spacial score (nSPS) is 21.9. The van der Waals surface area contributed by atoms with Gasteiger partial charge in [-0.2, -0.15) is 0 Å². The molecule has 1 aliphatic rings. The number of carbonyl (C=O) groups is 1. The number of hydrogen-bond donors (Lipinski definition) is 1. The molecule has 0 radical (unpaired) electrons. The molecule has 1 fully saturated rings. The molecule has 1 saturated heterocycles. The smallest absolute Gasteiger partial charge is 0.314 e. The molecule has 0 spiro atoms. The van der Waals surface area contributed by atoms with Crippen LogP contribution < -0.4 is 9.64 Å². The highest BCUT2D eigenvalue weighted by molar-refractivity contribution is 9.10. The standard InChI is InChI=1S/C16H22BrNO3/c1-3-21-16(19)12-5-4-8-18(10-12)11-13-9-14(17)6-7-15(13)20-2/h6-7,9,12H,3-5,8,10-11H2,1-2H3/p+1/t12-/m0/s1. The first-order chi connectivity index (χ1) is 10.1. The van der Waals surface area contributed by atoms with E-state index in [9.17, 15) is 4.79 Å². The van der Waals surface area contributed by atoms with Crippen molar-refractivity contribution in [2.24, 2.45) is 5.92 Å². The van der Waals surface area contributed by atoms with Gasteiger partial charge in [-0.15, -0.1) is 0 Å². The van der Waals surface area contributed by atoms with Crippen molar-refractivity contribution < 1.29 is 19.2 Å². The van der Waals surface area contributed by atoms with Gasteiger partial charge in [0.05, 0.1) is 26.8 Å². The van der Waals surface area contributed by atoms with Crippen molar-refractivity contribution in [1.29, 1.82) is 0 Å². The van der Waals surface area contributed by atoms with Crippen LogP contribution in [0.5, 0.6) is 5.75 Å². The van der Waals surface area contributed by atoms with Gasteiger partial charge in [0.1, 0.15) is 18.2 Å². The summed E-state index contributed by atoms with van der Waals surface area (Å²) in [6, 6.07) is 6.06. The van der Waals surface area contributed by atoms with Crippen LogP contribution in [0.4, 0.5) is 0 Å². The average Bonchev–Trinajstić information content (AvgIpc) is 2.48. The average molecular weight is 357 g/mol. The third kappa shape index (κ3) is 4.45. The summed E-state index contributed by atoms with van der Waals surface area (Å²) in [5.41, 5.74) is 1.17. The maximum atomic E-state index is 11.9. The lowest BCUT2D eigenvalue weighted by molar-refractivity contribution is -0.921. The molecule has 1 aliphatic heterocycles. The Morgan fingerprint density at radius 3 is 3.00 bits per heavy atom. The van der Waals surface area contributed by atoms with Gasteiger partial charge < -0.3 is 14.4 Å². The van der Waals surface area contributed by atoms with Crippen LogP contribution in [0, 0.1) is 5.92 Å². The summed E-state index contributed by atoms with van der Waals surface area (Å²) in [6.07, 6.45) is 2.01. The number of hydrogen-bond acceptors (Lipinski definition) is 3. The van der Waals surface area contributed by atoms with Crippen molar-refractivity contribution in [1.82, 2.24) is 0 Å². The fourth-order valence-corrected chi connectivity index (χ4v) is 3.34. The summed E-state index contributed by atoms with van der Waals surface area (Å²) in [5, 5.41) is 0. The minimum Gasteiger partial charge on any atom is -0.496 e. The summed E-state index contributed by atoms with van der Waals surface area (Å²) in [7, 11) is 1.69. The number of methoxy groups -OCH3 is 1. The Bertz CT molecular complexity index is 492. The molecule has 0 bridgehead atoms. The number of rotatable bonds is 5. The summed E-state index contributed by atoms with van der Waals surface area (Å²) < 4.78 is 11.6. The van der Waals surface area contributed by atoms with Gasteiger partial charge in [-0.05, 0) is 38.0 Å². The Hall–Kier alpha value is -1.07. The van der Waals surface area contributed by atoms with Crippen molar-refractivity contribution in [2.45, 2.75) is 26.3 Å². The number of benzene rings is 1. The number of quaternary nitrogens is 1. The Kier molecular flexibility index (Phi) is 6.06. The van der Waals surface area contributed by atoms with Gasteiger partial charge >= 0.3 is 5.97 Å². The van der Waals surface area contributed by atoms with Crippen molar-refractivity contribution in [3.05, 3.63) is 28.2 Å². The zero-order valence-corrected chi connectivity index (χ0v) is 14.2. The van der Waals surface area contributed by atoms with E-state index >= 15 is 0 Å². The number of carbonyl (C=O) groups excluding carboxylic acids is 1. The van der Waals surface area contributed by atoms with Crippen LogP contribution in [-0.4, -0.2) is 32.8 Å². The van der Waals surface area contributed by atoms with Crippen LogP contribution >= 0.6 is 15.9 Å². The fraction of sp³-hybridized carbons (Fsp3) is 0.562. The van der Waals surface area contributed by atoms with Crippen LogP contribution in [-0.2, 0) is 16.1 Å². The minimum atomic E-state index is -0.0455. The van der Waals surface area contributed by atoms with E-state index in [-0.39, 0.29) is 11.9 Å². The predicted octanol–water partition coefficient (Wildman–Crippen LogP) is 1.82. The monoisotopic (exact) mass is 356 g/mol. The molecule has 1 unspecified atom stereocenters. The summed E-state index contributed by atoms with van der Waals surface area (Å²) in [6.45, 7) is 5.13. The number of esters is 1. The third-order valence-corrected chi connectivity index (χ3v) is 4.41. The SMILES string of the molecule is CCOC(=O)[C@H]1CCC[NH+](Cc2cc(Br)ccc2OC)C1. The molecule has 2 atom stereocenters. The first kappa shape index (κ1) is 16.3. The molecule has 1 aromatic rings. The molecule has 0 saturated carbocycles. The first-order valence-electron chi connectivity index (χ1n) is 7.46. The van der Waals surface area contributed by atoms with Gasteiger partial charge in [-0.25, -0.2) is 0 Å². The maximum absolute atomic E-state index is 11.9. The molecule has 1 heterocycles. The van der Waals surface area contributed by atoms with Crippen molar-refractivity contribution >= 4 is 21.9 Å².